The number of ether oxygens (including phenoxy) is 2. The Labute approximate surface area is 71.7 Å². The Bertz CT molecular complexity index is 198. The molecule has 3 aliphatic rings. The zero-order chi connectivity index (χ0) is 8.18. The third kappa shape index (κ3) is 0.679. The summed E-state index contributed by atoms with van der Waals surface area (Å²) in [4.78, 5) is 0. The topological polar surface area (TPSA) is 38.7 Å². The fourth-order valence-electron chi connectivity index (χ4n) is 3.18. The molecule has 3 heteroatoms. The van der Waals surface area contributed by atoms with Crippen LogP contribution in [0.2, 0.25) is 0 Å². The van der Waals surface area contributed by atoms with Gasteiger partial charge in [0, 0.05) is 11.8 Å². The van der Waals surface area contributed by atoms with Gasteiger partial charge in [0.25, 0.3) is 0 Å². The van der Waals surface area contributed by atoms with E-state index in [0.717, 1.165) is 12.8 Å². The molecule has 1 spiro atoms. The zero-order valence-electron chi connectivity index (χ0n) is 7.03. The van der Waals surface area contributed by atoms with Gasteiger partial charge in [-0.15, -0.1) is 0 Å². The van der Waals surface area contributed by atoms with Crippen LogP contribution in [0.5, 0.6) is 0 Å². The quantitative estimate of drug-likeness (QED) is 0.576. The Morgan fingerprint density at radius 3 is 2.42 bits per heavy atom. The highest BCUT2D eigenvalue weighted by Gasteiger charge is 2.62. The highest BCUT2D eigenvalue weighted by atomic mass is 16.7. The molecule has 3 rings (SSSR count). The Kier molecular flexibility index (Phi) is 1.35. The predicted molar refractivity (Wildman–Crippen MR) is 41.5 cm³/mol. The maximum atomic E-state index is 9.68. The first kappa shape index (κ1) is 7.30. The monoisotopic (exact) mass is 170 g/mol. The molecular weight excluding hydrogens is 156 g/mol. The molecular formula is C9H14O3. The summed E-state index contributed by atoms with van der Waals surface area (Å²) in [6.45, 7) is 1.42. The van der Waals surface area contributed by atoms with Crippen LogP contribution in [0.4, 0.5) is 0 Å². The average Bonchev–Trinajstić information content (AvgIpc) is 2.70. The Hall–Kier alpha value is -0.120. The van der Waals surface area contributed by atoms with Crippen molar-refractivity contribution in [3.8, 4) is 0 Å². The van der Waals surface area contributed by atoms with Crippen LogP contribution in [0, 0.1) is 11.8 Å². The van der Waals surface area contributed by atoms with Crippen LogP contribution in [-0.2, 0) is 9.47 Å². The first-order valence-corrected chi connectivity index (χ1v) is 4.79. The normalized spacial score (nSPS) is 49.2. The molecule has 1 N–H and O–H groups in total. The number of aliphatic hydroxyl groups is 1. The van der Waals surface area contributed by atoms with Crippen LogP contribution in [0.3, 0.4) is 0 Å². The Morgan fingerprint density at radius 2 is 1.92 bits per heavy atom. The lowest BCUT2D eigenvalue weighted by atomic mass is 9.98. The SMILES string of the molecule is O[C@@H]1C[C@H]2CC[C@H]1C21OCCO1. The van der Waals surface area contributed by atoms with E-state index >= 15 is 0 Å². The minimum atomic E-state index is -0.362. The maximum Gasteiger partial charge on any atom is 0.176 e. The Morgan fingerprint density at radius 1 is 1.17 bits per heavy atom. The number of rotatable bonds is 0. The summed E-state index contributed by atoms with van der Waals surface area (Å²) < 4.78 is 11.4. The fraction of sp³-hybridized carbons (Fsp3) is 1.00. The van der Waals surface area contributed by atoms with E-state index in [-0.39, 0.29) is 17.8 Å². The minimum Gasteiger partial charge on any atom is -0.393 e. The lowest BCUT2D eigenvalue weighted by Gasteiger charge is -2.27. The molecule has 0 unspecified atom stereocenters. The molecule has 0 aromatic carbocycles. The molecule has 2 bridgehead atoms. The molecule has 3 fully saturated rings. The highest BCUT2D eigenvalue weighted by Crippen LogP contribution is 2.56. The van der Waals surface area contributed by atoms with Crippen molar-refractivity contribution in [1.82, 2.24) is 0 Å². The number of hydrogen-bond donors (Lipinski definition) is 1. The molecule has 0 aromatic rings. The van der Waals surface area contributed by atoms with Crippen LogP contribution < -0.4 is 0 Å². The van der Waals surface area contributed by atoms with Gasteiger partial charge in [-0.2, -0.15) is 0 Å². The van der Waals surface area contributed by atoms with Gasteiger partial charge in [-0.25, -0.2) is 0 Å². The van der Waals surface area contributed by atoms with E-state index in [2.05, 4.69) is 0 Å². The number of hydrogen-bond acceptors (Lipinski definition) is 3. The molecule has 0 amide bonds. The van der Waals surface area contributed by atoms with E-state index in [0.29, 0.717) is 19.1 Å². The predicted octanol–water partition coefficient (Wildman–Crippen LogP) is 0.520. The lowest BCUT2D eigenvalue weighted by Crippen LogP contribution is -2.37. The van der Waals surface area contributed by atoms with E-state index in [1.807, 2.05) is 0 Å². The summed E-state index contributed by atoms with van der Waals surface area (Å²) >= 11 is 0. The largest absolute Gasteiger partial charge is 0.393 e. The van der Waals surface area contributed by atoms with Gasteiger partial charge in [-0.05, 0) is 19.3 Å². The van der Waals surface area contributed by atoms with Gasteiger partial charge in [-0.3, -0.25) is 0 Å². The van der Waals surface area contributed by atoms with Crippen molar-refractivity contribution in [3.05, 3.63) is 0 Å². The second kappa shape index (κ2) is 2.22. The standard InChI is InChI=1S/C9H14O3/c10-8-5-6-1-2-7(8)9(6)11-3-4-12-9/h6-8,10H,1-5H2/t6-,7-,8-/m1/s1. The van der Waals surface area contributed by atoms with Gasteiger partial charge in [-0.1, -0.05) is 0 Å². The highest BCUT2D eigenvalue weighted by molar-refractivity contribution is 5.05. The number of aliphatic hydroxyl groups excluding tert-OH is 1. The van der Waals surface area contributed by atoms with E-state index < -0.39 is 0 Å². The Balaban J connectivity index is 1.95. The molecule has 2 aliphatic carbocycles. The van der Waals surface area contributed by atoms with Crippen LogP contribution in [-0.4, -0.2) is 30.2 Å². The molecule has 12 heavy (non-hydrogen) atoms. The molecule has 1 heterocycles. The van der Waals surface area contributed by atoms with E-state index in [4.69, 9.17) is 9.47 Å². The second-order valence-electron chi connectivity index (χ2n) is 4.10. The van der Waals surface area contributed by atoms with Crippen molar-refractivity contribution in [2.75, 3.05) is 13.2 Å². The van der Waals surface area contributed by atoms with Gasteiger partial charge in [0.2, 0.25) is 0 Å². The third-order valence-electron chi connectivity index (χ3n) is 3.64. The van der Waals surface area contributed by atoms with Crippen molar-refractivity contribution >= 4 is 0 Å². The van der Waals surface area contributed by atoms with Crippen molar-refractivity contribution < 1.29 is 14.6 Å². The first-order valence-electron chi connectivity index (χ1n) is 4.79. The van der Waals surface area contributed by atoms with Crippen molar-refractivity contribution in [2.24, 2.45) is 11.8 Å². The van der Waals surface area contributed by atoms with E-state index in [9.17, 15) is 5.11 Å². The maximum absolute atomic E-state index is 9.68. The van der Waals surface area contributed by atoms with Crippen LogP contribution in [0.1, 0.15) is 19.3 Å². The molecule has 2 saturated carbocycles. The van der Waals surface area contributed by atoms with Crippen LogP contribution >= 0.6 is 0 Å². The zero-order valence-corrected chi connectivity index (χ0v) is 7.03. The molecule has 68 valence electrons. The van der Waals surface area contributed by atoms with Gasteiger partial charge in [0.15, 0.2) is 5.79 Å². The third-order valence-corrected chi connectivity index (χ3v) is 3.64. The molecule has 0 aromatic heterocycles. The van der Waals surface area contributed by atoms with Gasteiger partial charge >= 0.3 is 0 Å². The smallest absolute Gasteiger partial charge is 0.176 e. The van der Waals surface area contributed by atoms with E-state index in [1.165, 1.54) is 6.42 Å². The van der Waals surface area contributed by atoms with Crippen molar-refractivity contribution in [1.29, 1.82) is 0 Å². The van der Waals surface area contributed by atoms with Gasteiger partial charge in [0.05, 0.1) is 19.3 Å². The molecule has 3 nitrogen and oxygen atoms in total. The van der Waals surface area contributed by atoms with Gasteiger partial charge < -0.3 is 14.6 Å². The summed E-state index contributed by atoms with van der Waals surface area (Å²) in [5, 5.41) is 9.68. The van der Waals surface area contributed by atoms with Crippen molar-refractivity contribution in [2.45, 2.75) is 31.2 Å². The average molecular weight is 170 g/mol. The van der Waals surface area contributed by atoms with Gasteiger partial charge in [0.1, 0.15) is 0 Å². The van der Waals surface area contributed by atoms with Crippen LogP contribution in [0.25, 0.3) is 0 Å². The molecule has 1 saturated heterocycles. The summed E-state index contributed by atoms with van der Waals surface area (Å²) in [5.41, 5.74) is 0. The minimum absolute atomic E-state index is 0.179. The first-order chi connectivity index (χ1) is 5.83. The molecule has 3 atom stereocenters. The fourth-order valence-corrected chi connectivity index (χ4v) is 3.18. The summed E-state index contributed by atoms with van der Waals surface area (Å²) in [7, 11) is 0. The lowest BCUT2D eigenvalue weighted by molar-refractivity contribution is -0.194. The van der Waals surface area contributed by atoms with Crippen LogP contribution in [0.15, 0.2) is 0 Å². The summed E-state index contributed by atoms with van der Waals surface area (Å²) in [6, 6.07) is 0. The summed E-state index contributed by atoms with van der Waals surface area (Å²) in [6.07, 6.45) is 2.94. The summed E-state index contributed by atoms with van der Waals surface area (Å²) in [5.74, 6) is 0.351. The molecule has 0 radical (unpaired) electrons. The van der Waals surface area contributed by atoms with E-state index in [1.54, 1.807) is 0 Å². The molecule has 1 aliphatic heterocycles. The second-order valence-corrected chi connectivity index (χ2v) is 4.10. The van der Waals surface area contributed by atoms with Crippen molar-refractivity contribution in [3.63, 3.8) is 0 Å².